The lowest BCUT2D eigenvalue weighted by Gasteiger charge is -2.18. The molecular formula is C13H11N3O3S2. The van der Waals surface area contributed by atoms with Crippen LogP contribution in [0.1, 0.15) is 6.92 Å². The smallest absolute Gasteiger partial charge is 0.272 e. The molecule has 1 amide bonds. The van der Waals surface area contributed by atoms with Crippen LogP contribution >= 0.6 is 11.3 Å². The number of anilines is 1. The molecule has 0 spiro atoms. The summed E-state index contributed by atoms with van der Waals surface area (Å²) in [5.41, 5.74) is 2.17. The van der Waals surface area contributed by atoms with E-state index in [1.54, 1.807) is 12.3 Å². The molecule has 1 N–H and O–H groups in total. The Morgan fingerprint density at radius 1 is 1.33 bits per heavy atom. The van der Waals surface area contributed by atoms with Crippen LogP contribution in [-0.4, -0.2) is 24.3 Å². The topological polar surface area (TPSA) is 83.1 Å². The molecule has 3 aromatic rings. The van der Waals surface area contributed by atoms with Crippen molar-refractivity contribution in [1.82, 2.24) is 9.97 Å². The lowest BCUT2D eigenvalue weighted by Crippen LogP contribution is -2.35. The first-order chi connectivity index (χ1) is 10.00. The first kappa shape index (κ1) is 13.8. The zero-order valence-electron chi connectivity index (χ0n) is 11.0. The van der Waals surface area contributed by atoms with Crippen LogP contribution in [0.4, 0.5) is 5.82 Å². The van der Waals surface area contributed by atoms with E-state index >= 15 is 0 Å². The quantitative estimate of drug-likeness (QED) is 0.803. The third-order valence-corrected chi connectivity index (χ3v) is 5.33. The third-order valence-electron chi connectivity index (χ3n) is 2.98. The molecule has 0 aliphatic carbocycles. The van der Waals surface area contributed by atoms with Gasteiger partial charge in [0.15, 0.2) is 5.82 Å². The second-order valence-electron chi connectivity index (χ2n) is 4.36. The number of rotatable bonds is 3. The van der Waals surface area contributed by atoms with Gasteiger partial charge in [-0.05, 0) is 23.6 Å². The maximum atomic E-state index is 12.7. The Balaban J connectivity index is 2.15. The van der Waals surface area contributed by atoms with Gasteiger partial charge in [-0.2, -0.15) is 4.31 Å². The summed E-state index contributed by atoms with van der Waals surface area (Å²) in [6.45, 7) is 1.20. The maximum absolute atomic E-state index is 12.7. The van der Waals surface area contributed by atoms with E-state index in [4.69, 9.17) is 0 Å². The van der Waals surface area contributed by atoms with Crippen LogP contribution in [0.3, 0.4) is 0 Å². The summed E-state index contributed by atoms with van der Waals surface area (Å²) in [6, 6.07) is 6.52. The molecule has 0 saturated carbocycles. The molecule has 0 atom stereocenters. The standard InChI is InChI=1S/C13H11N3O3S2/c1-9(17)16(13-7-20-8-15-13)21(18,19)11-3-2-10-4-5-14-12(10)6-11/h2-8,14H,1H3. The van der Waals surface area contributed by atoms with Gasteiger partial charge in [0.25, 0.3) is 10.0 Å². The largest absolute Gasteiger partial charge is 0.361 e. The van der Waals surface area contributed by atoms with E-state index in [0.29, 0.717) is 9.82 Å². The van der Waals surface area contributed by atoms with Crippen LogP contribution in [0.25, 0.3) is 10.9 Å². The average molecular weight is 321 g/mol. The first-order valence-corrected chi connectivity index (χ1v) is 8.39. The van der Waals surface area contributed by atoms with Gasteiger partial charge < -0.3 is 4.98 Å². The number of amides is 1. The highest BCUT2D eigenvalue weighted by Crippen LogP contribution is 2.25. The molecular weight excluding hydrogens is 310 g/mol. The lowest BCUT2D eigenvalue weighted by atomic mass is 10.2. The van der Waals surface area contributed by atoms with Gasteiger partial charge in [-0.25, -0.2) is 13.4 Å². The summed E-state index contributed by atoms with van der Waals surface area (Å²) in [4.78, 5) is 18.7. The van der Waals surface area contributed by atoms with Crippen molar-refractivity contribution in [3.8, 4) is 0 Å². The van der Waals surface area contributed by atoms with E-state index in [9.17, 15) is 13.2 Å². The van der Waals surface area contributed by atoms with Crippen molar-refractivity contribution >= 4 is 44.0 Å². The van der Waals surface area contributed by atoms with Crippen LogP contribution in [0, 0.1) is 0 Å². The van der Waals surface area contributed by atoms with Crippen LogP contribution in [0.2, 0.25) is 0 Å². The minimum absolute atomic E-state index is 0.0423. The van der Waals surface area contributed by atoms with E-state index < -0.39 is 15.9 Å². The summed E-state index contributed by atoms with van der Waals surface area (Å²) in [6.07, 6.45) is 1.73. The molecule has 0 radical (unpaired) electrons. The molecule has 3 rings (SSSR count). The monoisotopic (exact) mass is 321 g/mol. The summed E-state index contributed by atoms with van der Waals surface area (Å²) in [5, 5.41) is 2.42. The number of aromatic amines is 1. The molecule has 8 heteroatoms. The summed E-state index contributed by atoms with van der Waals surface area (Å²) >= 11 is 1.22. The van der Waals surface area contributed by atoms with Crippen LogP contribution in [-0.2, 0) is 14.8 Å². The number of hydrogen-bond acceptors (Lipinski definition) is 5. The molecule has 0 saturated heterocycles. The lowest BCUT2D eigenvalue weighted by molar-refractivity contribution is -0.115. The normalized spacial score (nSPS) is 11.7. The van der Waals surface area contributed by atoms with Gasteiger partial charge in [-0.1, -0.05) is 6.07 Å². The zero-order chi connectivity index (χ0) is 15.0. The van der Waals surface area contributed by atoms with Crippen molar-refractivity contribution in [2.24, 2.45) is 0 Å². The van der Waals surface area contributed by atoms with Gasteiger partial charge in [0, 0.05) is 24.0 Å². The number of hydrogen-bond donors (Lipinski definition) is 1. The highest BCUT2D eigenvalue weighted by Gasteiger charge is 2.30. The number of H-pyrrole nitrogens is 1. The SMILES string of the molecule is CC(=O)N(c1cscn1)S(=O)(=O)c1ccc2cc[nH]c2c1. The van der Waals surface area contributed by atoms with Crippen molar-refractivity contribution in [2.45, 2.75) is 11.8 Å². The number of carbonyl (C=O) groups excluding carboxylic acids is 1. The van der Waals surface area contributed by atoms with Crippen molar-refractivity contribution in [2.75, 3.05) is 4.31 Å². The first-order valence-electron chi connectivity index (χ1n) is 6.01. The van der Waals surface area contributed by atoms with Gasteiger partial charge in [0.2, 0.25) is 5.91 Å². The van der Waals surface area contributed by atoms with Gasteiger partial charge in [0.1, 0.15) is 0 Å². The highest BCUT2D eigenvalue weighted by atomic mass is 32.2. The number of fused-ring (bicyclic) bond motifs is 1. The second kappa shape index (κ2) is 4.97. The molecule has 2 aromatic heterocycles. The predicted octanol–water partition coefficient (Wildman–Crippen LogP) is 2.37. The number of aromatic nitrogens is 2. The van der Waals surface area contributed by atoms with E-state index in [1.165, 1.54) is 41.3 Å². The summed E-state index contributed by atoms with van der Waals surface area (Å²) < 4.78 is 26.1. The van der Waals surface area contributed by atoms with Gasteiger partial charge in [-0.15, -0.1) is 11.3 Å². The molecule has 0 aliphatic rings. The average Bonchev–Trinajstić information content (AvgIpc) is 3.07. The highest BCUT2D eigenvalue weighted by molar-refractivity contribution is 7.93. The third kappa shape index (κ3) is 2.32. The Kier molecular flexibility index (Phi) is 3.26. The van der Waals surface area contributed by atoms with E-state index in [2.05, 4.69) is 9.97 Å². The maximum Gasteiger partial charge on any atom is 0.272 e. The Morgan fingerprint density at radius 2 is 2.14 bits per heavy atom. The minimum Gasteiger partial charge on any atom is -0.361 e. The second-order valence-corrected chi connectivity index (χ2v) is 6.87. The number of sulfonamides is 1. The van der Waals surface area contributed by atoms with Crippen molar-refractivity contribution < 1.29 is 13.2 Å². The Bertz CT molecular complexity index is 898. The van der Waals surface area contributed by atoms with Crippen LogP contribution in [0.5, 0.6) is 0 Å². The molecule has 2 heterocycles. The molecule has 108 valence electrons. The van der Waals surface area contributed by atoms with Crippen molar-refractivity contribution in [1.29, 1.82) is 0 Å². The Hall–Kier alpha value is -2.19. The van der Waals surface area contributed by atoms with Crippen LogP contribution in [0.15, 0.2) is 46.2 Å². The molecule has 1 aromatic carbocycles. The molecule has 0 aliphatic heterocycles. The fraction of sp³-hybridized carbons (Fsp3) is 0.0769. The molecule has 21 heavy (non-hydrogen) atoms. The predicted molar refractivity (Wildman–Crippen MR) is 80.8 cm³/mol. The summed E-state index contributed by atoms with van der Waals surface area (Å²) in [7, 11) is -3.98. The fourth-order valence-corrected chi connectivity index (χ4v) is 4.04. The zero-order valence-corrected chi connectivity index (χ0v) is 12.6. The Morgan fingerprint density at radius 3 is 2.81 bits per heavy atom. The van der Waals surface area contributed by atoms with Gasteiger partial charge >= 0.3 is 0 Å². The minimum atomic E-state index is -3.98. The van der Waals surface area contributed by atoms with Gasteiger partial charge in [-0.3, -0.25) is 4.79 Å². The summed E-state index contributed by atoms with van der Waals surface area (Å²) in [5.74, 6) is -0.494. The molecule has 0 bridgehead atoms. The van der Waals surface area contributed by atoms with E-state index in [0.717, 1.165) is 5.39 Å². The number of nitrogens with one attached hydrogen (secondary N) is 1. The fourth-order valence-electron chi connectivity index (χ4n) is 2.05. The van der Waals surface area contributed by atoms with Crippen molar-refractivity contribution in [3.63, 3.8) is 0 Å². The number of thiazole rings is 1. The number of carbonyl (C=O) groups is 1. The van der Waals surface area contributed by atoms with E-state index in [-0.39, 0.29) is 10.7 Å². The molecule has 0 unspecified atom stereocenters. The van der Waals surface area contributed by atoms with Crippen molar-refractivity contribution in [3.05, 3.63) is 41.4 Å². The Labute approximate surface area is 125 Å². The molecule has 6 nitrogen and oxygen atoms in total. The number of benzene rings is 1. The van der Waals surface area contributed by atoms with Crippen LogP contribution < -0.4 is 4.31 Å². The van der Waals surface area contributed by atoms with Gasteiger partial charge in [0.05, 0.1) is 10.4 Å². The van der Waals surface area contributed by atoms with E-state index in [1.807, 2.05) is 6.07 Å². The number of nitrogens with zero attached hydrogens (tertiary/aromatic N) is 2. The molecule has 0 fully saturated rings.